The fraction of sp³-hybridized carbons (Fsp3) is 0.391. The Kier molecular flexibility index (Phi) is 7.34. The van der Waals surface area contributed by atoms with Gasteiger partial charge in [0.25, 0.3) is 0 Å². The predicted molar refractivity (Wildman–Crippen MR) is 119 cm³/mol. The number of anilines is 1. The van der Waals surface area contributed by atoms with E-state index in [-0.39, 0.29) is 30.9 Å². The van der Waals surface area contributed by atoms with E-state index in [1.807, 2.05) is 24.1 Å². The highest BCUT2D eigenvalue weighted by Crippen LogP contribution is 2.33. The Labute approximate surface area is 182 Å². The SMILES string of the molecule is COc1ccc(Cl)cc1NC(=O)CN(C)CC(=O)N(C)C1CCCc2ccccc21. The van der Waals surface area contributed by atoms with E-state index in [0.29, 0.717) is 16.5 Å². The van der Waals surface area contributed by atoms with E-state index >= 15 is 0 Å². The number of likely N-dealkylation sites (N-methyl/N-ethyl adjacent to an activating group) is 2. The van der Waals surface area contributed by atoms with Gasteiger partial charge >= 0.3 is 0 Å². The quantitative estimate of drug-likeness (QED) is 0.728. The molecular weight excluding hydrogens is 402 g/mol. The first-order valence-corrected chi connectivity index (χ1v) is 10.4. The summed E-state index contributed by atoms with van der Waals surface area (Å²) in [6.45, 7) is 0.242. The number of hydrogen-bond acceptors (Lipinski definition) is 4. The molecule has 0 aliphatic heterocycles. The minimum absolute atomic E-state index is 0.00709. The molecule has 0 radical (unpaired) electrons. The lowest BCUT2D eigenvalue weighted by Crippen LogP contribution is -2.41. The summed E-state index contributed by atoms with van der Waals surface area (Å²) in [7, 11) is 5.14. The molecule has 1 N–H and O–H groups in total. The van der Waals surface area contributed by atoms with Crippen LogP contribution in [0.3, 0.4) is 0 Å². The van der Waals surface area contributed by atoms with E-state index in [1.54, 1.807) is 30.1 Å². The third kappa shape index (κ3) is 5.32. The maximum atomic E-state index is 12.9. The van der Waals surface area contributed by atoms with Crippen molar-refractivity contribution in [2.75, 3.05) is 39.6 Å². The molecule has 0 spiro atoms. The smallest absolute Gasteiger partial charge is 0.238 e. The van der Waals surface area contributed by atoms with Crippen LogP contribution in [0, 0.1) is 0 Å². The Bertz CT molecular complexity index is 918. The van der Waals surface area contributed by atoms with Gasteiger partial charge in [-0.25, -0.2) is 0 Å². The van der Waals surface area contributed by atoms with Crippen LogP contribution in [0.25, 0.3) is 0 Å². The summed E-state index contributed by atoms with van der Waals surface area (Å²) < 4.78 is 5.25. The number of halogens is 1. The fourth-order valence-electron chi connectivity index (χ4n) is 3.92. The lowest BCUT2D eigenvalue weighted by atomic mass is 9.87. The molecule has 1 unspecified atom stereocenters. The first-order valence-electron chi connectivity index (χ1n) is 10.0. The number of nitrogens with zero attached hydrogens (tertiary/aromatic N) is 2. The summed E-state index contributed by atoms with van der Waals surface area (Å²) >= 11 is 6.01. The predicted octanol–water partition coefficient (Wildman–Crippen LogP) is 3.75. The summed E-state index contributed by atoms with van der Waals surface area (Å²) in [5.74, 6) is 0.283. The van der Waals surface area contributed by atoms with Crippen molar-refractivity contribution >= 4 is 29.1 Å². The van der Waals surface area contributed by atoms with Gasteiger partial charge < -0.3 is 15.0 Å². The number of rotatable bonds is 7. The first kappa shape index (κ1) is 22.1. The van der Waals surface area contributed by atoms with E-state index in [4.69, 9.17) is 16.3 Å². The summed E-state index contributed by atoms with van der Waals surface area (Å²) in [6, 6.07) is 13.4. The van der Waals surface area contributed by atoms with Gasteiger partial charge in [0, 0.05) is 12.1 Å². The Morgan fingerprint density at radius 1 is 1.17 bits per heavy atom. The third-order valence-corrected chi connectivity index (χ3v) is 5.69. The van der Waals surface area contributed by atoms with Gasteiger partial charge in [-0.05, 0) is 55.6 Å². The van der Waals surface area contributed by atoms with Gasteiger partial charge in [-0.2, -0.15) is 0 Å². The monoisotopic (exact) mass is 429 g/mol. The van der Waals surface area contributed by atoms with E-state index in [0.717, 1.165) is 19.3 Å². The molecule has 6 nitrogen and oxygen atoms in total. The van der Waals surface area contributed by atoms with E-state index in [9.17, 15) is 9.59 Å². The highest BCUT2D eigenvalue weighted by molar-refractivity contribution is 6.31. The van der Waals surface area contributed by atoms with E-state index in [2.05, 4.69) is 17.4 Å². The number of fused-ring (bicyclic) bond motifs is 1. The Morgan fingerprint density at radius 3 is 2.70 bits per heavy atom. The molecule has 0 fully saturated rings. The van der Waals surface area contributed by atoms with Gasteiger partial charge in [0.2, 0.25) is 11.8 Å². The fourth-order valence-corrected chi connectivity index (χ4v) is 4.09. The standard InChI is InChI=1S/C23H28ClN3O3/c1-26(14-22(28)25-19-13-17(24)11-12-21(19)30-3)15-23(29)27(2)20-10-6-8-16-7-4-5-9-18(16)20/h4-5,7,9,11-13,20H,6,8,10,14-15H2,1-3H3,(H,25,28). The Balaban J connectivity index is 1.57. The minimum atomic E-state index is -0.239. The number of carbonyl (C=O) groups excluding carboxylic acids is 2. The van der Waals surface area contributed by atoms with Crippen molar-refractivity contribution in [1.29, 1.82) is 0 Å². The van der Waals surface area contributed by atoms with Crippen molar-refractivity contribution in [3.8, 4) is 5.75 Å². The van der Waals surface area contributed by atoms with Crippen molar-refractivity contribution in [3.63, 3.8) is 0 Å². The van der Waals surface area contributed by atoms with Crippen LogP contribution in [-0.2, 0) is 16.0 Å². The molecule has 3 rings (SSSR count). The highest BCUT2D eigenvalue weighted by atomic mass is 35.5. The van der Waals surface area contributed by atoms with Crippen molar-refractivity contribution < 1.29 is 14.3 Å². The number of hydrogen-bond donors (Lipinski definition) is 1. The molecule has 0 bridgehead atoms. The Morgan fingerprint density at radius 2 is 1.93 bits per heavy atom. The molecule has 7 heteroatoms. The Hall–Kier alpha value is -2.57. The van der Waals surface area contributed by atoms with Gasteiger partial charge in [0.1, 0.15) is 5.75 Å². The zero-order valence-electron chi connectivity index (χ0n) is 17.7. The van der Waals surface area contributed by atoms with E-state index < -0.39 is 0 Å². The number of aryl methyl sites for hydroxylation is 1. The first-order chi connectivity index (χ1) is 14.4. The summed E-state index contributed by atoms with van der Waals surface area (Å²) in [4.78, 5) is 28.8. The number of nitrogens with one attached hydrogen (secondary N) is 1. The minimum Gasteiger partial charge on any atom is -0.495 e. The number of benzene rings is 2. The van der Waals surface area contributed by atoms with Crippen LogP contribution in [0.1, 0.15) is 30.0 Å². The molecule has 1 aliphatic rings. The van der Waals surface area contributed by atoms with Crippen molar-refractivity contribution in [3.05, 3.63) is 58.6 Å². The number of ether oxygens (including phenoxy) is 1. The van der Waals surface area contributed by atoms with Gasteiger partial charge in [0.15, 0.2) is 0 Å². The average molecular weight is 430 g/mol. The summed E-state index contributed by atoms with van der Waals surface area (Å²) in [5.41, 5.74) is 3.05. The normalized spacial score (nSPS) is 15.4. The topological polar surface area (TPSA) is 61.9 Å². The van der Waals surface area contributed by atoms with Crippen LogP contribution in [0.5, 0.6) is 5.75 Å². The number of methoxy groups -OCH3 is 1. The van der Waals surface area contributed by atoms with Crippen LogP contribution in [0.15, 0.2) is 42.5 Å². The molecule has 2 aromatic rings. The molecule has 0 saturated carbocycles. The molecule has 1 atom stereocenters. The van der Waals surface area contributed by atoms with Crippen molar-refractivity contribution in [1.82, 2.24) is 9.80 Å². The van der Waals surface area contributed by atoms with Crippen LogP contribution in [0.4, 0.5) is 5.69 Å². The maximum Gasteiger partial charge on any atom is 0.238 e. The number of amides is 2. The average Bonchev–Trinajstić information content (AvgIpc) is 2.72. The second-order valence-electron chi connectivity index (χ2n) is 7.68. The lowest BCUT2D eigenvalue weighted by molar-refractivity contribution is -0.133. The van der Waals surface area contributed by atoms with Crippen LogP contribution in [-0.4, -0.2) is 55.9 Å². The molecule has 160 valence electrons. The van der Waals surface area contributed by atoms with E-state index in [1.165, 1.54) is 18.2 Å². The highest BCUT2D eigenvalue weighted by Gasteiger charge is 2.27. The van der Waals surface area contributed by atoms with Gasteiger partial charge in [-0.1, -0.05) is 35.9 Å². The molecule has 0 saturated heterocycles. The van der Waals surface area contributed by atoms with Gasteiger partial charge in [0.05, 0.1) is 31.9 Å². The molecule has 1 aliphatic carbocycles. The summed E-state index contributed by atoms with van der Waals surface area (Å²) in [6.07, 6.45) is 3.08. The molecule has 0 aromatic heterocycles. The largest absolute Gasteiger partial charge is 0.495 e. The zero-order chi connectivity index (χ0) is 21.7. The summed E-state index contributed by atoms with van der Waals surface area (Å²) in [5, 5.41) is 3.30. The number of carbonyl (C=O) groups is 2. The van der Waals surface area contributed by atoms with Crippen LogP contribution in [0.2, 0.25) is 5.02 Å². The zero-order valence-corrected chi connectivity index (χ0v) is 18.4. The molecule has 2 amide bonds. The maximum absolute atomic E-state index is 12.9. The van der Waals surface area contributed by atoms with Crippen LogP contribution >= 0.6 is 11.6 Å². The van der Waals surface area contributed by atoms with Gasteiger partial charge in [-0.3, -0.25) is 14.5 Å². The van der Waals surface area contributed by atoms with Gasteiger partial charge in [-0.15, -0.1) is 0 Å². The second-order valence-corrected chi connectivity index (χ2v) is 8.11. The van der Waals surface area contributed by atoms with Crippen molar-refractivity contribution in [2.24, 2.45) is 0 Å². The molecule has 0 heterocycles. The molecule has 30 heavy (non-hydrogen) atoms. The molecule has 2 aromatic carbocycles. The third-order valence-electron chi connectivity index (χ3n) is 5.45. The second kappa shape index (κ2) is 9.96. The lowest BCUT2D eigenvalue weighted by Gasteiger charge is -2.34. The van der Waals surface area contributed by atoms with Crippen LogP contribution < -0.4 is 10.1 Å². The molecular formula is C23H28ClN3O3. The van der Waals surface area contributed by atoms with Crippen molar-refractivity contribution in [2.45, 2.75) is 25.3 Å².